The predicted octanol–water partition coefficient (Wildman–Crippen LogP) is 2.80. The molecule has 1 aliphatic heterocycles. The fourth-order valence-electron chi connectivity index (χ4n) is 2.19. The maximum Gasteiger partial charge on any atom is 0.185 e. The van der Waals surface area contributed by atoms with Gasteiger partial charge in [-0.15, -0.1) is 11.3 Å². The molecule has 1 N–H and O–H groups in total. The summed E-state index contributed by atoms with van der Waals surface area (Å²) in [4.78, 5) is 7.09. The van der Waals surface area contributed by atoms with Crippen molar-refractivity contribution < 1.29 is 0 Å². The van der Waals surface area contributed by atoms with Crippen LogP contribution in [0, 0.1) is 0 Å². The van der Waals surface area contributed by atoms with Gasteiger partial charge in [-0.1, -0.05) is 23.7 Å². The van der Waals surface area contributed by atoms with E-state index < -0.39 is 0 Å². The molecule has 100 valence electrons. The van der Waals surface area contributed by atoms with Gasteiger partial charge >= 0.3 is 0 Å². The third kappa shape index (κ3) is 3.26. The third-order valence-corrected chi connectivity index (χ3v) is 4.43. The summed E-state index contributed by atoms with van der Waals surface area (Å²) in [6.45, 7) is 4.19. The van der Waals surface area contributed by atoms with Crippen LogP contribution in [0.15, 0.2) is 29.6 Å². The highest BCUT2D eigenvalue weighted by atomic mass is 35.5. The van der Waals surface area contributed by atoms with Crippen LogP contribution in [0.1, 0.15) is 11.3 Å². The zero-order chi connectivity index (χ0) is 13.1. The molecule has 0 spiro atoms. The van der Waals surface area contributed by atoms with Gasteiger partial charge in [0.25, 0.3) is 0 Å². The van der Waals surface area contributed by atoms with E-state index in [1.54, 1.807) is 11.3 Å². The number of rotatable bonds is 3. The van der Waals surface area contributed by atoms with Crippen LogP contribution in [0.2, 0.25) is 5.02 Å². The van der Waals surface area contributed by atoms with Crippen LogP contribution in [-0.4, -0.2) is 31.2 Å². The highest BCUT2D eigenvalue weighted by Crippen LogP contribution is 2.22. The molecule has 2 aromatic rings. The number of halogens is 1. The highest BCUT2D eigenvalue weighted by molar-refractivity contribution is 7.13. The molecule has 1 aromatic heterocycles. The van der Waals surface area contributed by atoms with Crippen LogP contribution < -0.4 is 10.2 Å². The summed E-state index contributed by atoms with van der Waals surface area (Å²) in [7, 11) is 0. The Hall–Kier alpha value is -1.10. The second-order valence-corrected chi connectivity index (χ2v) is 5.93. The molecule has 1 aromatic carbocycles. The van der Waals surface area contributed by atoms with E-state index in [0.29, 0.717) is 0 Å². The molecule has 3 rings (SSSR count). The number of thiazole rings is 1. The van der Waals surface area contributed by atoms with Gasteiger partial charge in [-0.25, -0.2) is 4.98 Å². The van der Waals surface area contributed by atoms with E-state index in [1.807, 2.05) is 12.1 Å². The Bertz CT molecular complexity index is 532. The number of anilines is 1. The summed E-state index contributed by atoms with van der Waals surface area (Å²) in [5, 5.41) is 7.44. The van der Waals surface area contributed by atoms with E-state index in [1.165, 1.54) is 5.56 Å². The maximum absolute atomic E-state index is 5.89. The molecule has 0 amide bonds. The number of hydrogen-bond acceptors (Lipinski definition) is 4. The number of benzene rings is 1. The number of piperazine rings is 1. The molecular weight excluding hydrogens is 278 g/mol. The van der Waals surface area contributed by atoms with Crippen molar-refractivity contribution in [2.75, 3.05) is 31.1 Å². The van der Waals surface area contributed by atoms with E-state index in [-0.39, 0.29) is 0 Å². The minimum atomic E-state index is 0.781. The molecule has 0 aliphatic carbocycles. The molecule has 0 unspecified atom stereocenters. The van der Waals surface area contributed by atoms with Gasteiger partial charge in [-0.2, -0.15) is 0 Å². The summed E-state index contributed by atoms with van der Waals surface area (Å²) in [5.74, 6) is 0. The number of nitrogens with one attached hydrogen (secondary N) is 1. The number of aromatic nitrogens is 1. The summed E-state index contributed by atoms with van der Waals surface area (Å²) in [6.07, 6.45) is 0.875. The maximum atomic E-state index is 5.89. The quantitative estimate of drug-likeness (QED) is 0.943. The first-order valence-electron chi connectivity index (χ1n) is 6.46. The standard InChI is InChI=1S/C14H16ClN3S/c15-12-3-1-11(2-4-12)9-13-10-19-14(17-13)18-7-5-16-6-8-18/h1-4,10,16H,5-9H2. The van der Waals surface area contributed by atoms with Gasteiger partial charge < -0.3 is 10.2 Å². The smallest absolute Gasteiger partial charge is 0.185 e. The Kier molecular flexibility index (Phi) is 4.01. The van der Waals surface area contributed by atoms with Gasteiger partial charge in [0.2, 0.25) is 0 Å². The van der Waals surface area contributed by atoms with Crippen molar-refractivity contribution >= 4 is 28.1 Å². The van der Waals surface area contributed by atoms with Gasteiger partial charge in [-0.05, 0) is 17.7 Å². The summed E-state index contributed by atoms with van der Waals surface area (Å²) >= 11 is 7.63. The average Bonchev–Trinajstić information content (AvgIpc) is 2.91. The number of hydrogen-bond donors (Lipinski definition) is 1. The molecular formula is C14H16ClN3S. The molecule has 1 fully saturated rings. The van der Waals surface area contributed by atoms with Crippen molar-refractivity contribution in [2.24, 2.45) is 0 Å². The summed E-state index contributed by atoms with van der Waals surface area (Å²) in [6, 6.07) is 7.99. The summed E-state index contributed by atoms with van der Waals surface area (Å²) < 4.78 is 0. The van der Waals surface area contributed by atoms with Crippen LogP contribution in [-0.2, 0) is 6.42 Å². The Morgan fingerprint density at radius 1 is 1.21 bits per heavy atom. The average molecular weight is 294 g/mol. The summed E-state index contributed by atoms with van der Waals surface area (Å²) in [5.41, 5.74) is 2.39. The van der Waals surface area contributed by atoms with Crippen LogP contribution >= 0.6 is 22.9 Å². The van der Waals surface area contributed by atoms with Gasteiger partial charge in [0.05, 0.1) is 5.69 Å². The van der Waals surface area contributed by atoms with Crippen molar-refractivity contribution in [2.45, 2.75) is 6.42 Å². The van der Waals surface area contributed by atoms with Gasteiger partial charge in [0.15, 0.2) is 5.13 Å². The molecule has 2 heterocycles. The fraction of sp³-hybridized carbons (Fsp3) is 0.357. The van der Waals surface area contributed by atoms with Crippen molar-refractivity contribution in [3.05, 3.63) is 45.9 Å². The minimum absolute atomic E-state index is 0.781. The molecule has 1 aliphatic rings. The molecule has 0 radical (unpaired) electrons. The molecule has 0 atom stereocenters. The van der Waals surface area contributed by atoms with Gasteiger partial charge in [-0.3, -0.25) is 0 Å². The molecule has 0 saturated carbocycles. The normalized spacial score (nSPS) is 15.7. The lowest BCUT2D eigenvalue weighted by Gasteiger charge is -2.26. The first-order chi connectivity index (χ1) is 9.31. The molecule has 0 bridgehead atoms. The third-order valence-electron chi connectivity index (χ3n) is 3.23. The molecule has 1 saturated heterocycles. The predicted molar refractivity (Wildman–Crippen MR) is 81.5 cm³/mol. The second kappa shape index (κ2) is 5.90. The van der Waals surface area contributed by atoms with Crippen molar-refractivity contribution in [1.29, 1.82) is 0 Å². The van der Waals surface area contributed by atoms with Gasteiger partial charge in [0.1, 0.15) is 0 Å². The zero-order valence-corrected chi connectivity index (χ0v) is 12.2. The molecule has 5 heteroatoms. The van der Waals surface area contributed by atoms with Crippen LogP contribution in [0.25, 0.3) is 0 Å². The Morgan fingerprint density at radius 3 is 2.68 bits per heavy atom. The first-order valence-corrected chi connectivity index (χ1v) is 7.71. The molecule has 3 nitrogen and oxygen atoms in total. The van der Waals surface area contributed by atoms with E-state index >= 15 is 0 Å². The van der Waals surface area contributed by atoms with Crippen LogP contribution in [0.4, 0.5) is 5.13 Å². The fourth-order valence-corrected chi connectivity index (χ4v) is 3.20. The van der Waals surface area contributed by atoms with E-state index in [9.17, 15) is 0 Å². The largest absolute Gasteiger partial charge is 0.346 e. The van der Waals surface area contributed by atoms with Crippen LogP contribution in [0.5, 0.6) is 0 Å². The van der Waals surface area contributed by atoms with Crippen LogP contribution in [0.3, 0.4) is 0 Å². The monoisotopic (exact) mass is 293 g/mol. The van der Waals surface area contributed by atoms with E-state index in [4.69, 9.17) is 16.6 Å². The number of nitrogens with zero attached hydrogens (tertiary/aromatic N) is 2. The topological polar surface area (TPSA) is 28.2 Å². The Morgan fingerprint density at radius 2 is 1.95 bits per heavy atom. The first kappa shape index (κ1) is 12.9. The lowest BCUT2D eigenvalue weighted by atomic mass is 10.1. The van der Waals surface area contributed by atoms with Crippen molar-refractivity contribution in [1.82, 2.24) is 10.3 Å². The molecule has 19 heavy (non-hydrogen) atoms. The zero-order valence-electron chi connectivity index (χ0n) is 10.6. The van der Waals surface area contributed by atoms with E-state index in [2.05, 4.69) is 27.7 Å². The Labute approximate surface area is 122 Å². The minimum Gasteiger partial charge on any atom is -0.346 e. The Balaban J connectivity index is 1.68. The highest BCUT2D eigenvalue weighted by Gasteiger charge is 2.13. The lowest BCUT2D eigenvalue weighted by molar-refractivity contribution is 0.588. The van der Waals surface area contributed by atoms with Crippen molar-refractivity contribution in [3.8, 4) is 0 Å². The van der Waals surface area contributed by atoms with Gasteiger partial charge in [0, 0.05) is 43.0 Å². The van der Waals surface area contributed by atoms with Crippen molar-refractivity contribution in [3.63, 3.8) is 0 Å². The SMILES string of the molecule is Clc1ccc(Cc2csc(N3CCNCC3)n2)cc1. The lowest BCUT2D eigenvalue weighted by Crippen LogP contribution is -2.43. The second-order valence-electron chi connectivity index (χ2n) is 4.66. The van der Waals surface area contributed by atoms with E-state index in [0.717, 1.165) is 48.4 Å².